The molecule has 164 valence electrons. The number of aromatic amines is 2. The van der Waals surface area contributed by atoms with E-state index in [0.717, 1.165) is 18.4 Å². The number of hydrogen-bond donors (Lipinski definition) is 4. The van der Waals surface area contributed by atoms with Crippen LogP contribution in [0.25, 0.3) is 23.0 Å². The summed E-state index contributed by atoms with van der Waals surface area (Å²) in [5.41, 5.74) is 2.54. The minimum absolute atomic E-state index is 0.0758. The van der Waals surface area contributed by atoms with Gasteiger partial charge in [-0.15, -0.1) is 0 Å². The topological polar surface area (TPSA) is 141 Å². The molecule has 3 heterocycles. The van der Waals surface area contributed by atoms with Crippen LogP contribution >= 0.6 is 0 Å². The highest BCUT2D eigenvalue weighted by atomic mass is 16.5. The fraction of sp³-hybridized carbons (Fsp3) is 0.273. The Morgan fingerprint density at radius 1 is 1.28 bits per heavy atom. The fourth-order valence-corrected chi connectivity index (χ4v) is 3.34. The summed E-state index contributed by atoms with van der Waals surface area (Å²) in [6.45, 7) is 0.501. The zero-order valence-electron chi connectivity index (χ0n) is 17.2. The van der Waals surface area contributed by atoms with Gasteiger partial charge in [-0.1, -0.05) is 12.1 Å². The number of aromatic hydroxyl groups is 1. The van der Waals surface area contributed by atoms with E-state index in [4.69, 9.17) is 19.8 Å². The van der Waals surface area contributed by atoms with Gasteiger partial charge in [0.15, 0.2) is 11.1 Å². The van der Waals surface area contributed by atoms with Crippen molar-refractivity contribution in [2.75, 3.05) is 13.2 Å². The number of rotatable bonds is 7. The van der Waals surface area contributed by atoms with Crippen LogP contribution in [0.3, 0.4) is 0 Å². The second kappa shape index (κ2) is 8.31. The van der Waals surface area contributed by atoms with Crippen molar-refractivity contribution in [2.45, 2.75) is 25.3 Å². The molecule has 1 aliphatic carbocycles. The first-order valence-electron chi connectivity index (χ1n) is 10.4. The Kier molecular flexibility index (Phi) is 5.20. The lowest BCUT2D eigenvalue weighted by atomic mass is 10.1. The zero-order chi connectivity index (χ0) is 22.1. The molecule has 32 heavy (non-hydrogen) atoms. The zero-order valence-corrected chi connectivity index (χ0v) is 17.2. The van der Waals surface area contributed by atoms with E-state index in [1.807, 2.05) is 30.3 Å². The minimum atomic E-state index is -0.499. The number of nitrogens with one attached hydrogen (secondary N) is 2. The standard InChI is InChI=1S/C22H22N6O4/c29-7-2-8-32-16-4-1-3-13(9-16)17-11-19(24-15-5-6-15)28-20(25-17)14(12-23-28)10-18-21(30)27-22(31)26-18/h1,3-4,9-12,15,29-30H,2,5-8H2,(H2,26,27,31). The lowest BCUT2D eigenvalue weighted by Crippen LogP contribution is -2.19. The van der Waals surface area contributed by atoms with E-state index in [2.05, 4.69) is 15.1 Å². The lowest BCUT2D eigenvalue weighted by molar-refractivity contribution is 0.233. The molecule has 0 unspecified atom stereocenters. The molecule has 0 aliphatic heterocycles. The minimum Gasteiger partial charge on any atom is -0.493 e. The average molecular weight is 434 g/mol. The number of nitrogens with zero attached hydrogens (tertiary/aromatic N) is 4. The van der Waals surface area contributed by atoms with Crippen LogP contribution in [0.1, 0.15) is 25.0 Å². The summed E-state index contributed by atoms with van der Waals surface area (Å²) in [5.74, 6) is 0.439. The monoisotopic (exact) mass is 434 g/mol. The summed E-state index contributed by atoms with van der Waals surface area (Å²) in [6.07, 6.45) is 5.89. The van der Waals surface area contributed by atoms with Gasteiger partial charge in [-0.05, 0) is 31.1 Å². The van der Waals surface area contributed by atoms with Crippen LogP contribution in [-0.4, -0.2) is 54.0 Å². The summed E-state index contributed by atoms with van der Waals surface area (Å²) in [4.78, 5) is 25.9. The van der Waals surface area contributed by atoms with E-state index in [-0.39, 0.29) is 24.2 Å². The SMILES string of the molecule is O=c1[nH]c(O)c(C=c2cnn3c(=NC4CC4)cc(-c4cccc(OCCCO)c4)nc23)[nH]1. The maximum Gasteiger partial charge on any atom is 0.326 e. The quantitative estimate of drug-likeness (QED) is 0.312. The van der Waals surface area contributed by atoms with Crippen LogP contribution in [0.4, 0.5) is 0 Å². The number of H-pyrrole nitrogens is 2. The van der Waals surface area contributed by atoms with Crippen LogP contribution < -0.4 is 21.1 Å². The summed E-state index contributed by atoms with van der Waals surface area (Å²) in [5, 5.41) is 23.9. The Bertz CT molecular complexity index is 1450. The molecular formula is C22H22N6O4. The number of imidazole rings is 1. The highest BCUT2D eigenvalue weighted by Gasteiger charge is 2.20. The number of aliphatic hydroxyl groups is 1. The molecule has 10 heteroatoms. The second-order valence-corrected chi connectivity index (χ2v) is 7.63. The molecule has 4 aromatic rings. The Morgan fingerprint density at radius 3 is 2.91 bits per heavy atom. The predicted octanol–water partition coefficient (Wildman–Crippen LogP) is 0.490. The van der Waals surface area contributed by atoms with Gasteiger partial charge in [-0.3, -0.25) is 9.98 Å². The molecule has 10 nitrogen and oxygen atoms in total. The fourth-order valence-electron chi connectivity index (χ4n) is 3.34. The Hall–Kier alpha value is -3.92. The van der Waals surface area contributed by atoms with Crippen molar-refractivity contribution < 1.29 is 14.9 Å². The molecule has 4 N–H and O–H groups in total. The summed E-state index contributed by atoms with van der Waals surface area (Å²) in [6, 6.07) is 9.75. The van der Waals surface area contributed by atoms with Crippen molar-refractivity contribution >= 4 is 11.7 Å². The Morgan fingerprint density at radius 2 is 2.16 bits per heavy atom. The summed E-state index contributed by atoms with van der Waals surface area (Å²) < 4.78 is 7.37. The van der Waals surface area contributed by atoms with E-state index in [9.17, 15) is 9.90 Å². The largest absolute Gasteiger partial charge is 0.493 e. The number of aliphatic hydroxyl groups excluding tert-OH is 1. The summed E-state index contributed by atoms with van der Waals surface area (Å²) >= 11 is 0. The smallest absolute Gasteiger partial charge is 0.326 e. The van der Waals surface area contributed by atoms with Crippen LogP contribution in [0.15, 0.2) is 46.3 Å². The van der Waals surface area contributed by atoms with E-state index in [1.165, 1.54) is 0 Å². The van der Waals surface area contributed by atoms with Gasteiger partial charge in [0.2, 0.25) is 5.88 Å². The van der Waals surface area contributed by atoms with Crippen molar-refractivity contribution in [1.29, 1.82) is 0 Å². The number of hydrogen-bond acceptors (Lipinski definition) is 7. The summed E-state index contributed by atoms with van der Waals surface area (Å²) in [7, 11) is 0. The van der Waals surface area contributed by atoms with Gasteiger partial charge in [-0.2, -0.15) is 9.61 Å². The molecule has 0 amide bonds. The van der Waals surface area contributed by atoms with Crippen molar-refractivity contribution in [1.82, 2.24) is 24.6 Å². The van der Waals surface area contributed by atoms with E-state index < -0.39 is 5.69 Å². The van der Waals surface area contributed by atoms with Crippen molar-refractivity contribution in [2.24, 2.45) is 4.99 Å². The normalized spacial score (nSPS) is 15.0. The van der Waals surface area contributed by atoms with Crippen LogP contribution in [0, 0.1) is 0 Å². The molecular weight excluding hydrogens is 412 g/mol. The number of aromatic nitrogens is 5. The molecule has 3 aromatic heterocycles. The third kappa shape index (κ3) is 4.12. The second-order valence-electron chi connectivity index (χ2n) is 7.63. The predicted molar refractivity (Wildman–Crippen MR) is 116 cm³/mol. The van der Waals surface area contributed by atoms with Gasteiger partial charge in [0.25, 0.3) is 0 Å². The van der Waals surface area contributed by atoms with Gasteiger partial charge in [0, 0.05) is 29.9 Å². The molecule has 5 rings (SSSR count). The molecule has 1 aromatic carbocycles. The van der Waals surface area contributed by atoms with Crippen LogP contribution in [-0.2, 0) is 0 Å². The highest BCUT2D eigenvalue weighted by Crippen LogP contribution is 2.24. The lowest BCUT2D eigenvalue weighted by Gasteiger charge is -2.08. The molecule has 0 spiro atoms. The molecule has 1 aliphatic rings. The third-order valence-corrected chi connectivity index (χ3v) is 5.08. The highest BCUT2D eigenvalue weighted by molar-refractivity contribution is 5.64. The maximum absolute atomic E-state index is 11.5. The number of fused-ring (bicyclic) bond motifs is 1. The third-order valence-electron chi connectivity index (χ3n) is 5.08. The van der Waals surface area contributed by atoms with E-state index in [0.29, 0.717) is 40.8 Å². The van der Waals surface area contributed by atoms with Crippen LogP contribution in [0.5, 0.6) is 11.6 Å². The van der Waals surface area contributed by atoms with E-state index in [1.54, 1.807) is 16.8 Å². The van der Waals surface area contributed by atoms with Crippen LogP contribution in [0.2, 0.25) is 0 Å². The van der Waals surface area contributed by atoms with E-state index >= 15 is 0 Å². The van der Waals surface area contributed by atoms with Gasteiger partial charge in [0.05, 0.1) is 24.5 Å². The molecule has 0 atom stereocenters. The van der Waals surface area contributed by atoms with Gasteiger partial charge in [0.1, 0.15) is 11.4 Å². The molecule has 1 saturated carbocycles. The molecule has 0 saturated heterocycles. The first-order chi connectivity index (χ1) is 15.6. The Balaban J connectivity index is 1.65. The number of ether oxygens (including phenoxy) is 1. The maximum atomic E-state index is 11.5. The number of benzene rings is 1. The van der Waals surface area contributed by atoms with Gasteiger partial charge >= 0.3 is 5.69 Å². The first-order valence-corrected chi connectivity index (χ1v) is 10.4. The van der Waals surface area contributed by atoms with Crippen molar-refractivity contribution in [3.63, 3.8) is 0 Å². The Labute approximate surface area is 181 Å². The van der Waals surface area contributed by atoms with Gasteiger partial charge < -0.3 is 19.9 Å². The first kappa shape index (κ1) is 20.0. The molecule has 1 fully saturated rings. The average Bonchev–Trinajstić information content (AvgIpc) is 3.42. The van der Waals surface area contributed by atoms with Gasteiger partial charge in [-0.25, -0.2) is 9.78 Å². The van der Waals surface area contributed by atoms with Crippen molar-refractivity contribution in [3.8, 4) is 22.9 Å². The van der Waals surface area contributed by atoms with Crippen molar-refractivity contribution in [3.05, 3.63) is 63.4 Å². The molecule has 0 radical (unpaired) electrons. The molecule has 0 bridgehead atoms.